The Morgan fingerprint density at radius 2 is 1.83 bits per heavy atom. The molecule has 116 valence electrons. The Hall–Kier alpha value is -2.54. The van der Waals surface area contributed by atoms with Crippen LogP contribution in [-0.4, -0.2) is 31.2 Å². The van der Waals surface area contributed by atoms with Crippen LogP contribution in [0.3, 0.4) is 0 Å². The van der Waals surface area contributed by atoms with Gasteiger partial charge in [0, 0.05) is 5.56 Å². The van der Waals surface area contributed by atoms with Gasteiger partial charge in [0.2, 0.25) is 5.16 Å². The first-order chi connectivity index (χ1) is 11.1. The SMILES string of the molecule is C[C@H](Sc1nnnn1-c1ccccc1)C(=O)c1ccc(F)cc1. The third-order valence-electron chi connectivity index (χ3n) is 3.22. The fraction of sp³-hybridized carbons (Fsp3) is 0.125. The maximum Gasteiger partial charge on any atom is 0.214 e. The van der Waals surface area contributed by atoms with E-state index in [-0.39, 0.29) is 11.6 Å². The summed E-state index contributed by atoms with van der Waals surface area (Å²) < 4.78 is 14.5. The second-order valence-corrected chi connectivity index (χ2v) is 6.15. The molecule has 5 nitrogen and oxygen atoms in total. The van der Waals surface area contributed by atoms with Crippen molar-refractivity contribution >= 4 is 17.5 Å². The van der Waals surface area contributed by atoms with Crippen molar-refractivity contribution in [1.82, 2.24) is 20.2 Å². The zero-order valence-corrected chi connectivity index (χ0v) is 13.1. The Morgan fingerprint density at radius 3 is 2.52 bits per heavy atom. The molecule has 0 aliphatic heterocycles. The second-order valence-electron chi connectivity index (χ2n) is 4.84. The summed E-state index contributed by atoms with van der Waals surface area (Å²) in [6.07, 6.45) is 0. The van der Waals surface area contributed by atoms with E-state index in [0.29, 0.717) is 10.7 Å². The van der Waals surface area contributed by atoms with Crippen LogP contribution < -0.4 is 0 Å². The summed E-state index contributed by atoms with van der Waals surface area (Å²) in [5.41, 5.74) is 1.28. The summed E-state index contributed by atoms with van der Waals surface area (Å²) in [5, 5.41) is 11.7. The Labute approximate surface area is 136 Å². The number of carbonyl (C=O) groups is 1. The van der Waals surface area contributed by atoms with Gasteiger partial charge in [0.1, 0.15) is 5.82 Å². The maximum absolute atomic E-state index is 13.0. The molecule has 2 aromatic carbocycles. The quantitative estimate of drug-likeness (QED) is 0.532. The average Bonchev–Trinajstić information content (AvgIpc) is 3.04. The summed E-state index contributed by atoms with van der Waals surface area (Å²) in [6, 6.07) is 15.0. The molecule has 0 saturated carbocycles. The van der Waals surface area contributed by atoms with Crippen LogP contribution in [0.1, 0.15) is 17.3 Å². The fourth-order valence-corrected chi connectivity index (χ4v) is 2.93. The van der Waals surface area contributed by atoms with Crippen LogP contribution in [0.5, 0.6) is 0 Å². The molecular weight excluding hydrogens is 315 g/mol. The molecule has 1 heterocycles. The molecule has 0 aliphatic rings. The van der Waals surface area contributed by atoms with Crippen LogP contribution in [0.25, 0.3) is 5.69 Å². The molecule has 0 spiro atoms. The average molecular weight is 328 g/mol. The number of carbonyl (C=O) groups excluding carboxylic acids is 1. The second kappa shape index (κ2) is 6.70. The molecule has 0 N–H and O–H groups in total. The number of nitrogens with zero attached hydrogens (tertiary/aromatic N) is 4. The largest absolute Gasteiger partial charge is 0.293 e. The van der Waals surface area contributed by atoms with Gasteiger partial charge in [0.25, 0.3) is 0 Å². The van der Waals surface area contributed by atoms with Crippen LogP contribution in [0, 0.1) is 5.82 Å². The van der Waals surface area contributed by atoms with E-state index >= 15 is 0 Å². The van der Waals surface area contributed by atoms with E-state index in [0.717, 1.165) is 5.69 Å². The zero-order chi connectivity index (χ0) is 16.2. The molecule has 1 aromatic heterocycles. The molecule has 0 unspecified atom stereocenters. The van der Waals surface area contributed by atoms with Crippen molar-refractivity contribution in [1.29, 1.82) is 0 Å². The lowest BCUT2D eigenvalue weighted by Crippen LogP contribution is -2.14. The van der Waals surface area contributed by atoms with E-state index in [1.54, 1.807) is 11.6 Å². The minimum atomic E-state index is -0.395. The van der Waals surface area contributed by atoms with E-state index < -0.39 is 5.25 Å². The van der Waals surface area contributed by atoms with E-state index in [2.05, 4.69) is 15.5 Å². The van der Waals surface area contributed by atoms with Gasteiger partial charge >= 0.3 is 0 Å². The maximum atomic E-state index is 13.0. The predicted octanol–water partition coefficient (Wildman–Crippen LogP) is 3.16. The molecule has 7 heteroatoms. The van der Waals surface area contributed by atoms with Gasteiger partial charge in [-0.2, -0.15) is 4.68 Å². The number of ketones is 1. The van der Waals surface area contributed by atoms with Gasteiger partial charge in [0.05, 0.1) is 10.9 Å². The summed E-state index contributed by atoms with van der Waals surface area (Å²) in [4.78, 5) is 12.4. The van der Waals surface area contributed by atoms with Crippen molar-refractivity contribution in [3.63, 3.8) is 0 Å². The highest BCUT2D eigenvalue weighted by molar-refractivity contribution is 8.00. The van der Waals surface area contributed by atoms with Gasteiger partial charge < -0.3 is 0 Å². The highest BCUT2D eigenvalue weighted by Gasteiger charge is 2.20. The van der Waals surface area contributed by atoms with Gasteiger partial charge in [-0.05, 0) is 53.7 Å². The fourth-order valence-electron chi connectivity index (χ4n) is 2.04. The topological polar surface area (TPSA) is 60.7 Å². The lowest BCUT2D eigenvalue weighted by molar-refractivity contribution is 0.0994. The van der Waals surface area contributed by atoms with E-state index in [1.165, 1.54) is 36.0 Å². The van der Waals surface area contributed by atoms with Crippen LogP contribution in [0.15, 0.2) is 59.8 Å². The van der Waals surface area contributed by atoms with Crippen LogP contribution in [0.2, 0.25) is 0 Å². The number of halogens is 1. The van der Waals surface area contributed by atoms with Crippen molar-refractivity contribution in [2.75, 3.05) is 0 Å². The van der Waals surface area contributed by atoms with Crippen molar-refractivity contribution in [3.8, 4) is 5.69 Å². The monoisotopic (exact) mass is 328 g/mol. The number of benzene rings is 2. The number of hydrogen-bond donors (Lipinski definition) is 0. The van der Waals surface area contributed by atoms with Crippen LogP contribution >= 0.6 is 11.8 Å². The lowest BCUT2D eigenvalue weighted by atomic mass is 10.1. The Kier molecular flexibility index (Phi) is 4.47. The van der Waals surface area contributed by atoms with Crippen molar-refractivity contribution in [2.24, 2.45) is 0 Å². The molecular formula is C16H13FN4OS. The van der Waals surface area contributed by atoms with Gasteiger partial charge in [0.15, 0.2) is 5.78 Å². The Balaban J connectivity index is 1.79. The molecule has 0 bridgehead atoms. The standard InChI is InChI=1S/C16H13FN4OS/c1-11(15(22)12-7-9-13(17)10-8-12)23-16-18-19-20-21(16)14-5-3-2-4-6-14/h2-11H,1H3/t11-/m0/s1. The minimum Gasteiger partial charge on any atom is -0.293 e. The van der Waals surface area contributed by atoms with Crippen molar-refractivity contribution in [2.45, 2.75) is 17.3 Å². The first kappa shape index (κ1) is 15.4. The summed E-state index contributed by atoms with van der Waals surface area (Å²) in [5.74, 6) is -0.465. The molecule has 0 radical (unpaired) electrons. The van der Waals surface area contributed by atoms with Crippen molar-refractivity contribution < 1.29 is 9.18 Å². The highest BCUT2D eigenvalue weighted by atomic mass is 32.2. The molecule has 0 saturated heterocycles. The number of rotatable bonds is 5. The number of Topliss-reactive ketones (excluding diaryl/α,β-unsaturated/α-hetero) is 1. The zero-order valence-electron chi connectivity index (χ0n) is 12.3. The summed E-state index contributed by atoms with van der Waals surface area (Å²) in [7, 11) is 0. The number of tetrazole rings is 1. The number of para-hydroxylation sites is 1. The lowest BCUT2D eigenvalue weighted by Gasteiger charge is -2.10. The summed E-state index contributed by atoms with van der Waals surface area (Å²) in [6.45, 7) is 1.78. The molecule has 0 aliphatic carbocycles. The van der Waals surface area contributed by atoms with Gasteiger partial charge in [-0.3, -0.25) is 4.79 Å². The number of hydrogen-bond acceptors (Lipinski definition) is 5. The summed E-state index contributed by atoms with van der Waals surface area (Å²) >= 11 is 1.26. The highest BCUT2D eigenvalue weighted by Crippen LogP contribution is 2.25. The third-order valence-corrected chi connectivity index (χ3v) is 4.25. The minimum absolute atomic E-state index is 0.0994. The number of aromatic nitrogens is 4. The predicted molar refractivity (Wildman–Crippen MR) is 85.2 cm³/mol. The molecule has 3 aromatic rings. The first-order valence-corrected chi connectivity index (χ1v) is 7.83. The van der Waals surface area contributed by atoms with Gasteiger partial charge in [-0.25, -0.2) is 4.39 Å². The Bertz CT molecular complexity index is 804. The van der Waals surface area contributed by atoms with E-state index in [1.807, 2.05) is 30.3 Å². The van der Waals surface area contributed by atoms with Crippen LogP contribution in [0.4, 0.5) is 4.39 Å². The first-order valence-electron chi connectivity index (χ1n) is 6.95. The molecule has 0 fully saturated rings. The number of thioether (sulfide) groups is 1. The Morgan fingerprint density at radius 1 is 1.13 bits per heavy atom. The van der Waals surface area contributed by atoms with Gasteiger partial charge in [-0.1, -0.05) is 30.0 Å². The van der Waals surface area contributed by atoms with E-state index in [4.69, 9.17) is 0 Å². The van der Waals surface area contributed by atoms with Gasteiger partial charge in [-0.15, -0.1) is 5.10 Å². The smallest absolute Gasteiger partial charge is 0.214 e. The molecule has 0 amide bonds. The van der Waals surface area contributed by atoms with E-state index in [9.17, 15) is 9.18 Å². The molecule has 3 rings (SSSR count). The molecule has 23 heavy (non-hydrogen) atoms. The molecule has 1 atom stereocenters. The van der Waals surface area contributed by atoms with Crippen molar-refractivity contribution in [3.05, 3.63) is 66.0 Å². The third kappa shape index (κ3) is 3.45. The normalized spacial score (nSPS) is 12.1. The van der Waals surface area contributed by atoms with Crippen LogP contribution in [-0.2, 0) is 0 Å².